The van der Waals surface area contributed by atoms with Gasteiger partial charge in [-0.15, -0.1) is 0 Å². The Bertz CT molecular complexity index is 3600. The van der Waals surface area contributed by atoms with E-state index in [1.165, 1.54) is 61.2 Å². The minimum atomic E-state index is 0.928. The van der Waals surface area contributed by atoms with Crippen LogP contribution >= 0.6 is 0 Å². The first-order valence-corrected chi connectivity index (χ1v) is 24.1. The highest BCUT2D eigenvalue weighted by Gasteiger charge is 2.13. The van der Waals surface area contributed by atoms with Gasteiger partial charge in [-0.1, -0.05) is 182 Å². The molecule has 0 saturated heterocycles. The van der Waals surface area contributed by atoms with Crippen LogP contribution in [0.1, 0.15) is 22.3 Å². The highest BCUT2D eigenvalue weighted by molar-refractivity contribution is 5.85. The fraction of sp³-hybridized carbons (Fsp3) is 0.0615. The minimum absolute atomic E-state index is 0.928. The zero-order valence-corrected chi connectivity index (χ0v) is 38.7. The second-order valence-electron chi connectivity index (χ2n) is 18.1. The molecule has 0 saturated carbocycles. The lowest BCUT2D eigenvalue weighted by molar-refractivity contribution is 0.901. The van der Waals surface area contributed by atoms with Gasteiger partial charge in [-0.05, 0) is 141 Å². The third-order valence-electron chi connectivity index (χ3n) is 13.6. The molecule has 5 heteroatoms. The van der Waals surface area contributed by atoms with Crippen molar-refractivity contribution < 1.29 is 0 Å². The largest absolute Gasteiger partial charge is 0.256 e. The molecule has 334 valence electrons. The molecule has 0 bridgehead atoms. The molecule has 0 aliphatic heterocycles. The summed E-state index contributed by atoms with van der Waals surface area (Å²) < 4.78 is 4.04. The number of nitrogens with zero attached hydrogens (tertiary/aromatic N) is 5. The van der Waals surface area contributed by atoms with Crippen LogP contribution in [0.15, 0.2) is 249 Å². The van der Waals surface area contributed by atoms with Gasteiger partial charge in [-0.25, -0.2) is 9.36 Å². The first-order valence-electron chi connectivity index (χ1n) is 24.1. The summed E-state index contributed by atoms with van der Waals surface area (Å²) >= 11 is 0. The van der Waals surface area contributed by atoms with Crippen molar-refractivity contribution in [2.24, 2.45) is 0 Å². The Morgan fingerprint density at radius 1 is 0.300 bits per heavy atom. The number of aromatic nitrogens is 5. The lowest BCUT2D eigenvalue weighted by atomic mass is 9.90. The Morgan fingerprint density at radius 2 is 0.743 bits per heavy atom. The van der Waals surface area contributed by atoms with Gasteiger partial charge in [0.15, 0.2) is 0 Å². The number of pyridine rings is 1. The molecule has 12 aromatic rings. The lowest BCUT2D eigenvalue weighted by Gasteiger charge is -2.15. The molecule has 0 radical (unpaired) electrons. The van der Waals surface area contributed by atoms with E-state index in [4.69, 9.17) is 4.98 Å². The SMILES string of the molecule is c1ccc(-c2ccc(-c3ccnc(-c4ccc(-c5ccccc5-c5cc(CCc6ccc(-n7ncc8ccccc87)cc6)cc(CCc6ccc(-n7ncc8ccccc87)cc6)c5)cc4)c3)cc2)cc1. The van der Waals surface area contributed by atoms with E-state index in [0.717, 1.165) is 75.7 Å². The molecule has 0 atom stereocenters. The van der Waals surface area contributed by atoms with Crippen LogP contribution in [0.5, 0.6) is 0 Å². The van der Waals surface area contributed by atoms with Gasteiger partial charge in [0.2, 0.25) is 0 Å². The average molecular weight is 900 g/mol. The third-order valence-corrected chi connectivity index (χ3v) is 13.6. The Kier molecular flexibility index (Phi) is 11.5. The van der Waals surface area contributed by atoms with Crippen LogP contribution in [0, 0.1) is 0 Å². The van der Waals surface area contributed by atoms with E-state index in [2.05, 4.69) is 241 Å². The average Bonchev–Trinajstić information content (AvgIpc) is 4.08. The summed E-state index contributed by atoms with van der Waals surface area (Å²) in [5.41, 5.74) is 21.3. The fourth-order valence-electron chi connectivity index (χ4n) is 9.81. The van der Waals surface area contributed by atoms with Crippen LogP contribution < -0.4 is 0 Å². The summed E-state index contributed by atoms with van der Waals surface area (Å²) in [6, 6.07) is 83.0. The number of aryl methyl sites for hydroxylation is 4. The zero-order chi connectivity index (χ0) is 46.6. The molecular formula is C65H49N5. The molecule has 0 aliphatic rings. The van der Waals surface area contributed by atoms with Crippen LogP contribution in [0.25, 0.3) is 88.9 Å². The van der Waals surface area contributed by atoms with Crippen LogP contribution in [0.3, 0.4) is 0 Å². The summed E-state index contributed by atoms with van der Waals surface area (Å²) in [4.78, 5) is 4.81. The van der Waals surface area contributed by atoms with E-state index >= 15 is 0 Å². The Morgan fingerprint density at radius 3 is 1.31 bits per heavy atom. The van der Waals surface area contributed by atoms with Crippen molar-refractivity contribution in [1.29, 1.82) is 0 Å². The summed E-state index contributed by atoms with van der Waals surface area (Å²) in [6.07, 6.45) is 9.51. The van der Waals surface area contributed by atoms with Gasteiger partial charge in [-0.2, -0.15) is 10.2 Å². The van der Waals surface area contributed by atoms with Crippen LogP contribution in [0.2, 0.25) is 0 Å². The van der Waals surface area contributed by atoms with Gasteiger partial charge in [0.05, 0.1) is 40.5 Å². The topological polar surface area (TPSA) is 48.5 Å². The molecule has 0 aliphatic carbocycles. The molecule has 12 rings (SSSR count). The van der Waals surface area contributed by atoms with Crippen molar-refractivity contribution in [1.82, 2.24) is 24.5 Å². The van der Waals surface area contributed by atoms with Crippen LogP contribution in [-0.4, -0.2) is 24.5 Å². The molecule has 0 amide bonds. The molecule has 3 heterocycles. The summed E-state index contributed by atoms with van der Waals surface area (Å²) in [5, 5.41) is 11.6. The normalized spacial score (nSPS) is 11.4. The molecule has 0 spiro atoms. The Labute approximate surface area is 408 Å². The predicted molar refractivity (Wildman–Crippen MR) is 288 cm³/mol. The molecule has 0 fully saturated rings. The van der Waals surface area contributed by atoms with Crippen LogP contribution in [-0.2, 0) is 25.7 Å². The van der Waals surface area contributed by atoms with Crippen molar-refractivity contribution in [3.63, 3.8) is 0 Å². The summed E-state index contributed by atoms with van der Waals surface area (Å²) in [7, 11) is 0. The maximum absolute atomic E-state index is 4.81. The van der Waals surface area contributed by atoms with Crippen LogP contribution in [0.4, 0.5) is 0 Å². The zero-order valence-electron chi connectivity index (χ0n) is 38.7. The predicted octanol–water partition coefficient (Wildman–Crippen LogP) is 15.7. The molecule has 5 nitrogen and oxygen atoms in total. The molecule has 0 N–H and O–H groups in total. The molecule has 70 heavy (non-hydrogen) atoms. The van der Waals surface area contributed by atoms with E-state index in [1.807, 2.05) is 28.0 Å². The third kappa shape index (κ3) is 8.84. The van der Waals surface area contributed by atoms with Gasteiger partial charge in [0.1, 0.15) is 0 Å². The highest BCUT2D eigenvalue weighted by atomic mass is 15.3. The number of rotatable bonds is 13. The van der Waals surface area contributed by atoms with Crippen molar-refractivity contribution in [3.05, 3.63) is 271 Å². The number of para-hydroxylation sites is 2. The molecule has 9 aromatic carbocycles. The van der Waals surface area contributed by atoms with Gasteiger partial charge >= 0.3 is 0 Å². The minimum Gasteiger partial charge on any atom is -0.256 e. The smallest absolute Gasteiger partial charge is 0.0741 e. The first kappa shape index (κ1) is 42.4. The van der Waals surface area contributed by atoms with Crippen molar-refractivity contribution in [2.75, 3.05) is 0 Å². The van der Waals surface area contributed by atoms with Gasteiger partial charge in [-0.3, -0.25) is 4.98 Å². The van der Waals surface area contributed by atoms with E-state index in [9.17, 15) is 0 Å². The first-order chi connectivity index (χ1) is 34.6. The second kappa shape index (κ2) is 19.0. The number of fused-ring (bicyclic) bond motifs is 2. The van der Waals surface area contributed by atoms with Gasteiger partial charge in [0.25, 0.3) is 0 Å². The Balaban J connectivity index is 0.813. The molecular weight excluding hydrogens is 851 g/mol. The number of benzene rings is 9. The fourth-order valence-corrected chi connectivity index (χ4v) is 9.81. The second-order valence-corrected chi connectivity index (χ2v) is 18.1. The Hall–Kier alpha value is -8.93. The van der Waals surface area contributed by atoms with E-state index in [1.54, 1.807) is 0 Å². The van der Waals surface area contributed by atoms with Gasteiger partial charge in [0, 0.05) is 22.5 Å². The monoisotopic (exact) mass is 899 g/mol. The van der Waals surface area contributed by atoms with Crippen molar-refractivity contribution >= 4 is 21.8 Å². The van der Waals surface area contributed by atoms with E-state index in [0.29, 0.717) is 0 Å². The van der Waals surface area contributed by atoms with E-state index in [-0.39, 0.29) is 0 Å². The van der Waals surface area contributed by atoms with E-state index < -0.39 is 0 Å². The molecule has 3 aromatic heterocycles. The van der Waals surface area contributed by atoms with Crippen molar-refractivity contribution in [2.45, 2.75) is 25.7 Å². The number of hydrogen-bond donors (Lipinski definition) is 0. The lowest BCUT2D eigenvalue weighted by Crippen LogP contribution is -1.99. The standard InChI is InChI=1S/C65H49N5/c1-2-10-50(11-3-1)51-26-28-52(29-27-51)55-38-39-66-63(43-55)54-32-30-53(31-33-54)61-14-6-7-15-62(61)58-41-48(20-18-46-22-34-59(35-23-46)69-64-16-8-4-12-56(64)44-67-69)40-49(42-58)21-19-47-24-36-60(37-25-47)70-65-17-9-5-13-57(65)45-68-70/h1-17,22-45H,18-21H2. The summed E-state index contributed by atoms with van der Waals surface area (Å²) in [5.74, 6) is 0. The highest BCUT2D eigenvalue weighted by Crippen LogP contribution is 2.36. The molecule has 0 unspecified atom stereocenters. The number of hydrogen-bond acceptors (Lipinski definition) is 3. The quantitative estimate of drug-likeness (QED) is 0.116. The van der Waals surface area contributed by atoms with Gasteiger partial charge < -0.3 is 0 Å². The maximum atomic E-state index is 4.81. The maximum Gasteiger partial charge on any atom is 0.0741 e. The van der Waals surface area contributed by atoms with Crippen molar-refractivity contribution in [3.8, 4) is 67.1 Å². The summed E-state index contributed by atoms with van der Waals surface area (Å²) in [6.45, 7) is 0.